The number of halogens is 4. The molecule has 1 aliphatic heterocycles. The molecule has 0 fully saturated rings. The van der Waals surface area contributed by atoms with E-state index in [9.17, 15) is 8.78 Å². The van der Waals surface area contributed by atoms with Crippen LogP contribution in [0.5, 0.6) is 0 Å². The summed E-state index contributed by atoms with van der Waals surface area (Å²) in [6, 6.07) is 13.5. The van der Waals surface area contributed by atoms with Gasteiger partial charge in [0, 0.05) is 29.7 Å². The van der Waals surface area contributed by atoms with Crippen LogP contribution in [0.1, 0.15) is 21.6 Å². The summed E-state index contributed by atoms with van der Waals surface area (Å²) in [6.07, 6.45) is 2.07. The van der Waals surface area contributed by atoms with Gasteiger partial charge in [-0.05, 0) is 57.4 Å². The Morgan fingerprint density at radius 1 is 1.12 bits per heavy atom. The second kappa shape index (κ2) is 7.14. The first-order valence-corrected chi connectivity index (χ1v) is 9.93. The van der Waals surface area contributed by atoms with Crippen molar-refractivity contribution in [2.45, 2.75) is 13.1 Å². The fourth-order valence-corrected chi connectivity index (χ4v) is 4.74. The molecule has 0 bridgehead atoms. The highest BCUT2D eigenvalue weighted by atomic mass is 79.9. The molecule has 26 heavy (non-hydrogen) atoms. The summed E-state index contributed by atoms with van der Waals surface area (Å²) in [5, 5.41) is 0.690. The standard InChI is InChI=1S/C20H13BrClF2NS/c21-20-7-6-19(26-20)18-8-12-2-1-3-16(22)15(12)11-25(18)10-13-4-5-14(23)9-17(13)24/h1-9H,10-11H2. The van der Waals surface area contributed by atoms with Gasteiger partial charge in [-0.1, -0.05) is 29.8 Å². The van der Waals surface area contributed by atoms with Gasteiger partial charge in [-0.15, -0.1) is 11.3 Å². The maximum atomic E-state index is 14.2. The Bertz CT molecular complexity index is 1010. The molecular weight excluding hydrogens is 440 g/mol. The molecule has 2 heterocycles. The van der Waals surface area contributed by atoms with Crippen molar-refractivity contribution in [2.24, 2.45) is 0 Å². The minimum atomic E-state index is -0.573. The summed E-state index contributed by atoms with van der Waals surface area (Å²) in [5.41, 5.74) is 3.52. The van der Waals surface area contributed by atoms with Gasteiger partial charge in [-0.25, -0.2) is 8.78 Å². The van der Waals surface area contributed by atoms with Gasteiger partial charge in [0.1, 0.15) is 11.6 Å². The van der Waals surface area contributed by atoms with Crippen molar-refractivity contribution in [3.05, 3.63) is 90.5 Å². The molecule has 0 amide bonds. The van der Waals surface area contributed by atoms with Crippen molar-refractivity contribution in [1.29, 1.82) is 0 Å². The van der Waals surface area contributed by atoms with E-state index in [1.807, 2.05) is 30.3 Å². The number of rotatable bonds is 3. The molecule has 4 rings (SSSR count). The van der Waals surface area contributed by atoms with E-state index < -0.39 is 11.6 Å². The fourth-order valence-electron chi connectivity index (χ4n) is 3.07. The Balaban J connectivity index is 1.77. The predicted octanol–water partition coefficient (Wildman–Crippen LogP) is 6.96. The van der Waals surface area contributed by atoms with Crippen LogP contribution >= 0.6 is 38.9 Å². The Hall–Kier alpha value is -1.69. The third kappa shape index (κ3) is 3.43. The average molecular weight is 453 g/mol. The summed E-state index contributed by atoms with van der Waals surface area (Å²) in [5.74, 6) is -1.11. The number of nitrogens with zero attached hydrogens (tertiary/aromatic N) is 1. The highest BCUT2D eigenvalue weighted by molar-refractivity contribution is 9.11. The van der Waals surface area contributed by atoms with Gasteiger partial charge in [-0.3, -0.25) is 0 Å². The van der Waals surface area contributed by atoms with Crippen molar-refractivity contribution in [2.75, 3.05) is 0 Å². The van der Waals surface area contributed by atoms with Crippen LogP contribution in [0.25, 0.3) is 11.8 Å². The van der Waals surface area contributed by atoms with Gasteiger partial charge in [-0.2, -0.15) is 0 Å². The largest absolute Gasteiger partial charge is 0.362 e. The van der Waals surface area contributed by atoms with E-state index in [4.69, 9.17) is 11.6 Å². The van der Waals surface area contributed by atoms with Crippen molar-refractivity contribution >= 4 is 50.6 Å². The smallest absolute Gasteiger partial charge is 0.131 e. The number of fused-ring (bicyclic) bond motifs is 1. The van der Waals surface area contributed by atoms with Crippen LogP contribution in [0.4, 0.5) is 8.78 Å². The summed E-state index contributed by atoms with van der Waals surface area (Å²) >= 11 is 11.5. The first-order valence-electron chi connectivity index (χ1n) is 7.95. The molecule has 132 valence electrons. The van der Waals surface area contributed by atoms with Gasteiger partial charge < -0.3 is 4.90 Å². The summed E-state index contributed by atoms with van der Waals surface area (Å²) in [4.78, 5) is 3.15. The molecule has 1 nitrogen and oxygen atoms in total. The molecule has 1 aromatic heterocycles. The van der Waals surface area contributed by atoms with Crippen LogP contribution in [0.15, 0.2) is 52.3 Å². The molecule has 0 radical (unpaired) electrons. The molecule has 0 atom stereocenters. The van der Waals surface area contributed by atoms with E-state index in [1.54, 1.807) is 11.3 Å². The average Bonchev–Trinajstić information content (AvgIpc) is 3.04. The van der Waals surface area contributed by atoms with Gasteiger partial charge in [0.2, 0.25) is 0 Å². The maximum Gasteiger partial charge on any atom is 0.131 e. The number of hydrogen-bond acceptors (Lipinski definition) is 2. The fraction of sp³-hybridized carbons (Fsp3) is 0.100. The summed E-state index contributed by atoms with van der Waals surface area (Å²) < 4.78 is 28.5. The van der Waals surface area contributed by atoms with Crippen molar-refractivity contribution < 1.29 is 8.78 Å². The Morgan fingerprint density at radius 2 is 1.96 bits per heavy atom. The predicted molar refractivity (Wildman–Crippen MR) is 107 cm³/mol. The topological polar surface area (TPSA) is 3.24 Å². The van der Waals surface area contributed by atoms with Crippen LogP contribution in [-0.4, -0.2) is 4.90 Å². The van der Waals surface area contributed by atoms with Crippen molar-refractivity contribution in [1.82, 2.24) is 4.90 Å². The zero-order valence-electron chi connectivity index (χ0n) is 13.5. The van der Waals surface area contributed by atoms with E-state index in [2.05, 4.69) is 26.9 Å². The normalized spacial score (nSPS) is 13.5. The third-order valence-electron chi connectivity index (χ3n) is 4.34. The van der Waals surface area contributed by atoms with E-state index >= 15 is 0 Å². The lowest BCUT2D eigenvalue weighted by Crippen LogP contribution is -2.25. The molecule has 0 unspecified atom stereocenters. The van der Waals surface area contributed by atoms with Crippen LogP contribution in [-0.2, 0) is 13.1 Å². The van der Waals surface area contributed by atoms with E-state index in [1.165, 1.54) is 12.1 Å². The van der Waals surface area contributed by atoms with Gasteiger partial charge in [0.05, 0.1) is 14.4 Å². The minimum absolute atomic E-state index is 0.331. The SMILES string of the molecule is Fc1ccc(CN2Cc3c(Cl)cccc3C=C2c2ccc(Br)s2)c(F)c1. The van der Waals surface area contributed by atoms with E-state index in [-0.39, 0.29) is 0 Å². The maximum absolute atomic E-state index is 14.2. The Labute approximate surface area is 167 Å². The molecule has 0 aliphatic carbocycles. The lowest BCUT2D eigenvalue weighted by Gasteiger charge is -2.32. The molecule has 0 saturated carbocycles. The van der Waals surface area contributed by atoms with E-state index in [0.717, 1.165) is 31.6 Å². The molecule has 0 spiro atoms. The molecule has 6 heteroatoms. The number of hydrogen-bond donors (Lipinski definition) is 0. The first-order chi connectivity index (χ1) is 12.5. The molecule has 3 aromatic rings. The summed E-state index contributed by atoms with van der Waals surface area (Å²) in [7, 11) is 0. The van der Waals surface area contributed by atoms with Crippen molar-refractivity contribution in [3.63, 3.8) is 0 Å². The monoisotopic (exact) mass is 451 g/mol. The number of benzene rings is 2. The Kier molecular flexibility index (Phi) is 4.86. The second-order valence-electron chi connectivity index (χ2n) is 6.03. The van der Waals surface area contributed by atoms with Gasteiger partial charge in [0.25, 0.3) is 0 Å². The third-order valence-corrected chi connectivity index (χ3v) is 6.34. The Morgan fingerprint density at radius 3 is 2.69 bits per heavy atom. The molecule has 1 aliphatic rings. The lowest BCUT2D eigenvalue weighted by molar-refractivity contribution is 0.373. The number of thiophene rings is 1. The lowest BCUT2D eigenvalue weighted by atomic mass is 10.00. The van der Waals surface area contributed by atoms with Crippen LogP contribution < -0.4 is 0 Å². The van der Waals surface area contributed by atoms with Gasteiger partial charge in [0.15, 0.2) is 0 Å². The minimum Gasteiger partial charge on any atom is -0.362 e. The van der Waals surface area contributed by atoms with Crippen LogP contribution in [0, 0.1) is 11.6 Å². The highest BCUT2D eigenvalue weighted by Crippen LogP contribution is 2.38. The first kappa shape index (κ1) is 17.7. The zero-order chi connectivity index (χ0) is 18.3. The molecule has 0 N–H and O–H groups in total. The second-order valence-corrected chi connectivity index (χ2v) is 8.90. The quantitative estimate of drug-likeness (QED) is 0.415. The molecular formula is C20H13BrClF2NS. The van der Waals surface area contributed by atoms with Crippen LogP contribution in [0.2, 0.25) is 5.02 Å². The summed E-state index contributed by atoms with van der Waals surface area (Å²) in [6.45, 7) is 0.894. The zero-order valence-corrected chi connectivity index (χ0v) is 16.6. The molecule has 0 saturated heterocycles. The highest BCUT2D eigenvalue weighted by Gasteiger charge is 2.23. The molecule has 2 aromatic carbocycles. The van der Waals surface area contributed by atoms with E-state index in [0.29, 0.717) is 23.7 Å². The van der Waals surface area contributed by atoms with Crippen LogP contribution in [0.3, 0.4) is 0 Å². The van der Waals surface area contributed by atoms with Crippen molar-refractivity contribution in [3.8, 4) is 0 Å². The van der Waals surface area contributed by atoms with Gasteiger partial charge >= 0.3 is 0 Å².